The van der Waals surface area contributed by atoms with E-state index in [4.69, 9.17) is 10.00 Å². The third-order valence-electron chi connectivity index (χ3n) is 4.23. The van der Waals surface area contributed by atoms with Crippen molar-refractivity contribution in [2.24, 2.45) is 0 Å². The van der Waals surface area contributed by atoms with E-state index in [0.29, 0.717) is 24.4 Å². The van der Waals surface area contributed by atoms with E-state index in [2.05, 4.69) is 27.7 Å². The van der Waals surface area contributed by atoms with Gasteiger partial charge < -0.3 is 15.4 Å². The lowest BCUT2D eigenvalue weighted by molar-refractivity contribution is -0.0285. The van der Waals surface area contributed by atoms with Crippen molar-refractivity contribution < 1.29 is 9.53 Å². The Hall–Kier alpha value is -2.88. The molecule has 0 aliphatic carbocycles. The molecule has 1 aliphatic heterocycles. The molecule has 26 heavy (non-hydrogen) atoms. The third kappa shape index (κ3) is 5.31. The van der Waals surface area contributed by atoms with Gasteiger partial charge in [-0.15, -0.1) is 0 Å². The van der Waals surface area contributed by atoms with Crippen LogP contribution in [0.15, 0.2) is 54.6 Å². The number of morpholine rings is 1. The second-order valence-corrected chi connectivity index (χ2v) is 6.24. The summed E-state index contributed by atoms with van der Waals surface area (Å²) >= 11 is 0. The lowest BCUT2D eigenvalue weighted by Gasteiger charge is -2.33. The van der Waals surface area contributed by atoms with Crippen molar-refractivity contribution in [3.8, 4) is 6.07 Å². The zero-order valence-electron chi connectivity index (χ0n) is 14.5. The minimum Gasteiger partial charge on any atom is -0.374 e. The second-order valence-electron chi connectivity index (χ2n) is 6.24. The molecule has 6 heteroatoms. The van der Waals surface area contributed by atoms with Crippen molar-refractivity contribution in [3.05, 3.63) is 65.7 Å². The second kappa shape index (κ2) is 8.99. The highest BCUT2D eigenvalue weighted by Gasteiger charge is 2.21. The number of urea groups is 1. The molecule has 134 valence electrons. The Bertz CT molecular complexity index is 756. The Labute approximate surface area is 153 Å². The molecule has 2 aromatic rings. The van der Waals surface area contributed by atoms with E-state index in [9.17, 15) is 4.79 Å². The molecule has 1 heterocycles. The molecule has 6 nitrogen and oxygen atoms in total. The number of carbonyl (C=O) groups is 1. The predicted molar refractivity (Wildman–Crippen MR) is 99.6 cm³/mol. The van der Waals surface area contributed by atoms with Gasteiger partial charge in [0.15, 0.2) is 0 Å². The zero-order chi connectivity index (χ0) is 18.2. The fourth-order valence-electron chi connectivity index (χ4n) is 2.90. The monoisotopic (exact) mass is 350 g/mol. The molecular weight excluding hydrogens is 328 g/mol. The highest BCUT2D eigenvalue weighted by atomic mass is 16.5. The lowest BCUT2D eigenvalue weighted by atomic mass is 10.2. The van der Waals surface area contributed by atoms with Gasteiger partial charge in [0.1, 0.15) is 0 Å². The standard InChI is InChI=1S/C20H22N4O2/c21-12-16-6-8-18(9-7-16)23-20(25)22-13-19-15-24(10-11-26-19)14-17-4-2-1-3-5-17/h1-9,19H,10-11,13-15H2,(H2,22,23,25). The van der Waals surface area contributed by atoms with Crippen molar-refractivity contribution >= 4 is 11.7 Å². The summed E-state index contributed by atoms with van der Waals surface area (Å²) in [5, 5.41) is 14.4. The molecule has 0 saturated carbocycles. The van der Waals surface area contributed by atoms with E-state index in [1.54, 1.807) is 24.3 Å². The van der Waals surface area contributed by atoms with Gasteiger partial charge in [0.2, 0.25) is 0 Å². The Morgan fingerprint density at radius 3 is 2.69 bits per heavy atom. The molecule has 1 saturated heterocycles. The van der Waals surface area contributed by atoms with Crippen LogP contribution in [0.5, 0.6) is 0 Å². The van der Waals surface area contributed by atoms with Crippen LogP contribution in [-0.4, -0.2) is 43.3 Å². The van der Waals surface area contributed by atoms with Crippen LogP contribution in [0.2, 0.25) is 0 Å². The summed E-state index contributed by atoms with van der Waals surface area (Å²) in [7, 11) is 0. The lowest BCUT2D eigenvalue weighted by Crippen LogP contribution is -2.47. The molecule has 2 N–H and O–H groups in total. The Kier molecular flexibility index (Phi) is 6.20. The maximum absolute atomic E-state index is 12.0. The molecule has 0 radical (unpaired) electrons. The normalized spacial score (nSPS) is 17.3. The van der Waals surface area contributed by atoms with Gasteiger partial charge >= 0.3 is 6.03 Å². The Morgan fingerprint density at radius 1 is 1.19 bits per heavy atom. The molecule has 0 aromatic heterocycles. The van der Waals surface area contributed by atoms with Crippen LogP contribution in [0.4, 0.5) is 10.5 Å². The number of hydrogen-bond donors (Lipinski definition) is 2. The average Bonchev–Trinajstić information content (AvgIpc) is 2.68. The molecule has 0 bridgehead atoms. The molecule has 1 fully saturated rings. The number of ether oxygens (including phenoxy) is 1. The molecule has 1 aliphatic rings. The van der Waals surface area contributed by atoms with Crippen LogP contribution < -0.4 is 10.6 Å². The van der Waals surface area contributed by atoms with Crippen LogP contribution >= 0.6 is 0 Å². The zero-order valence-corrected chi connectivity index (χ0v) is 14.5. The van der Waals surface area contributed by atoms with Crippen LogP contribution in [0.3, 0.4) is 0 Å². The number of nitriles is 1. The summed E-state index contributed by atoms with van der Waals surface area (Å²) in [5.41, 5.74) is 2.49. The number of rotatable bonds is 5. The van der Waals surface area contributed by atoms with Crippen LogP contribution in [0, 0.1) is 11.3 Å². The van der Waals surface area contributed by atoms with Crippen LogP contribution in [-0.2, 0) is 11.3 Å². The van der Waals surface area contributed by atoms with Crippen LogP contribution in [0.25, 0.3) is 0 Å². The van der Waals surface area contributed by atoms with Gasteiger partial charge in [-0.25, -0.2) is 4.79 Å². The summed E-state index contributed by atoms with van der Waals surface area (Å²) in [4.78, 5) is 14.4. The van der Waals surface area contributed by atoms with Gasteiger partial charge in [0.05, 0.1) is 24.3 Å². The smallest absolute Gasteiger partial charge is 0.319 e. The summed E-state index contributed by atoms with van der Waals surface area (Å²) in [6.07, 6.45) is -0.0285. The topological polar surface area (TPSA) is 77.4 Å². The molecule has 1 atom stereocenters. The molecule has 3 rings (SSSR count). The van der Waals surface area contributed by atoms with Gasteiger partial charge in [-0.2, -0.15) is 5.26 Å². The minimum atomic E-state index is -0.279. The van der Waals surface area contributed by atoms with Crippen molar-refractivity contribution in [2.45, 2.75) is 12.6 Å². The third-order valence-corrected chi connectivity index (χ3v) is 4.23. The van der Waals surface area contributed by atoms with E-state index < -0.39 is 0 Å². The number of carbonyl (C=O) groups excluding carboxylic acids is 1. The van der Waals surface area contributed by atoms with Gasteiger partial charge in [-0.05, 0) is 29.8 Å². The van der Waals surface area contributed by atoms with Crippen molar-refractivity contribution in [1.82, 2.24) is 10.2 Å². The number of amides is 2. The molecule has 1 unspecified atom stereocenters. The summed E-state index contributed by atoms with van der Waals surface area (Å²) in [5.74, 6) is 0. The van der Waals surface area contributed by atoms with Crippen LogP contribution in [0.1, 0.15) is 11.1 Å². The number of hydrogen-bond acceptors (Lipinski definition) is 4. The van der Waals surface area contributed by atoms with Gasteiger partial charge in [-0.1, -0.05) is 30.3 Å². The summed E-state index contributed by atoms with van der Waals surface area (Å²) in [6, 6.07) is 18.9. The largest absolute Gasteiger partial charge is 0.374 e. The molecular formula is C20H22N4O2. The molecule has 0 spiro atoms. The Balaban J connectivity index is 1.43. The summed E-state index contributed by atoms with van der Waals surface area (Å²) < 4.78 is 5.76. The minimum absolute atomic E-state index is 0.0285. The van der Waals surface area contributed by atoms with Gasteiger partial charge in [-0.3, -0.25) is 4.90 Å². The highest BCUT2D eigenvalue weighted by Crippen LogP contribution is 2.11. The van der Waals surface area contributed by atoms with E-state index in [-0.39, 0.29) is 12.1 Å². The number of anilines is 1. The van der Waals surface area contributed by atoms with E-state index in [1.807, 2.05) is 24.3 Å². The first-order chi connectivity index (χ1) is 12.7. The van der Waals surface area contributed by atoms with Gasteiger partial charge in [0.25, 0.3) is 0 Å². The first-order valence-corrected chi connectivity index (χ1v) is 8.66. The van der Waals surface area contributed by atoms with Crippen molar-refractivity contribution in [2.75, 3.05) is 31.6 Å². The number of nitrogens with zero attached hydrogens (tertiary/aromatic N) is 2. The first-order valence-electron chi connectivity index (χ1n) is 8.66. The number of nitrogens with one attached hydrogen (secondary N) is 2. The quantitative estimate of drug-likeness (QED) is 0.869. The van der Waals surface area contributed by atoms with E-state index in [0.717, 1.165) is 19.6 Å². The van der Waals surface area contributed by atoms with E-state index >= 15 is 0 Å². The highest BCUT2D eigenvalue weighted by molar-refractivity contribution is 5.89. The summed E-state index contributed by atoms with van der Waals surface area (Å²) in [6.45, 7) is 3.68. The fourth-order valence-corrected chi connectivity index (χ4v) is 2.90. The van der Waals surface area contributed by atoms with E-state index in [1.165, 1.54) is 5.56 Å². The molecule has 2 aromatic carbocycles. The number of benzene rings is 2. The SMILES string of the molecule is N#Cc1ccc(NC(=O)NCC2CN(Cc3ccccc3)CCO2)cc1. The fraction of sp³-hybridized carbons (Fsp3) is 0.300. The maximum atomic E-state index is 12.0. The Morgan fingerprint density at radius 2 is 1.96 bits per heavy atom. The van der Waals surface area contributed by atoms with Crippen molar-refractivity contribution in [1.29, 1.82) is 5.26 Å². The molecule has 2 amide bonds. The van der Waals surface area contributed by atoms with Crippen molar-refractivity contribution in [3.63, 3.8) is 0 Å². The first kappa shape index (κ1) is 17.9. The average molecular weight is 350 g/mol. The van der Waals surface area contributed by atoms with Gasteiger partial charge in [0, 0.05) is 31.9 Å². The predicted octanol–water partition coefficient (Wildman–Crippen LogP) is 2.58. The maximum Gasteiger partial charge on any atom is 0.319 e.